The van der Waals surface area contributed by atoms with E-state index in [1.165, 1.54) is 5.56 Å². The molecule has 1 aliphatic rings. The molecule has 100 valence electrons. The quantitative estimate of drug-likeness (QED) is 0.892. The van der Waals surface area contributed by atoms with Crippen molar-refractivity contribution in [2.45, 2.75) is 25.4 Å². The maximum Gasteiger partial charge on any atom is 0.137 e. The van der Waals surface area contributed by atoms with Gasteiger partial charge in [-0.2, -0.15) is 0 Å². The highest BCUT2D eigenvalue weighted by Gasteiger charge is 2.26. The number of hydrogen-bond donors (Lipinski definition) is 1. The monoisotopic (exact) mass is 268 g/mol. The Labute approximate surface area is 114 Å². The number of ether oxygens (including phenoxy) is 1. The molecule has 18 heavy (non-hydrogen) atoms. The van der Waals surface area contributed by atoms with Crippen molar-refractivity contribution in [3.8, 4) is 5.75 Å². The first kappa shape index (κ1) is 13.7. The van der Waals surface area contributed by atoms with Crippen LogP contribution in [-0.4, -0.2) is 31.6 Å². The highest BCUT2D eigenvalue weighted by atomic mass is 35.5. The van der Waals surface area contributed by atoms with Crippen molar-refractivity contribution < 1.29 is 4.74 Å². The third-order valence-electron chi connectivity index (χ3n) is 3.51. The van der Waals surface area contributed by atoms with Gasteiger partial charge in [-0.05, 0) is 43.5 Å². The predicted molar refractivity (Wildman–Crippen MR) is 75.0 cm³/mol. The van der Waals surface area contributed by atoms with E-state index in [9.17, 15) is 0 Å². The number of hydrogen-bond acceptors (Lipinski definition) is 3. The van der Waals surface area contributed by atoms with Crippen LogP contribution in [-0.2, 0) is 6.54 Å². The second-order valence-corrected chi connectivity index (χ2v) is 5.67. The van der Waals surface area contributed by atoms with Crippen LogP contribution in [0.25, 0.3) is 0 Å². The van der Waals surface area contributed by atoms with Gasteiger partial charge in [0.05, 0.1) is 12.1 Å². The molecular formula is C14H21ClN2O. The van der Waals surface area contributed by atoms with Gasteiger partial charge in [0, 0.05) is 19.1 Å². The number of nitrogens with zero attached hydrogens (tertiary/aromatic N) is 1. The summed E-state index contributed by atoms with van der Waals surface area (Å²) in [6, 6.07) is 6.39. The summed E-state index contributed by atoms with van der Waals surface area (Å²) in [5.41, 5.74) is 7.01. The molecule has 1 aromatic rings. The zero-order chi connectivity index (χ0) is 13.1. The highest BCUT2D eigenvalue weighted by Crippen LogP contribution is 2.28. The van der Waals surface area contributed by atoms with E-state index in [4.69, 9.17) is 22.1 Å². The van der Waals surface area contributed by atoms with Crippen LogP contribution in [0, 0.1) is 5.92 Å². The Balaban J connectivity index is 1.86. The lowest BCUT2D eigenvalue weighted by molar-refractivity contribution is 0.178. The molecule has 2 N–H and O–H groups in total. The van der Waals surface area contributed by atoms with Crippen molar-refractivity contribution in [1.29, 1.82) is 0 Å². The van der Waals surface area contributed by atoms with Crippen LogP contribution >= 0.6 is 11.6 Å². The van der Waals surface area contributed by atoms with E-state index < -0.39 is 0 Å². The van der Waals surface area contributed by atoms with Gasteiger partial charge in [-0.15, -0.1) is 0 Å². The topological polar surface area (TPSA) is 38.5 Å². The second kappa shape index (κ2) is 5.91. The molecule has 1 aliphatic carbocycles. The Morgan fingerprint density at radius 3 is 2.72 bits per heavy atom. The first-order valence-electron chi connectivity index (χ1n) is 6.35. The third-order valence-corrected chi connectivity index (χ3v) is 3.81. The van der Waals surface area contributed by atoms with Crippen LogP contribution in [0.4, 0.5) is 0 Å². The number of halogens is 1. The smallest absolute Gasteiger partial charge is 0.137 e. The van der Waals surface area contributed by atoms with Crippen molar-refractivity contribution in [2.24, 2.45) is 11.7 Å². The number of methoxy groups -OCH3 is 1. The number of rotatable bonds is 5. The van der Waals surface area contributed by atoms with Gasteiger partial charge in [0.2, 0.25) is 0 Å². The second-order valence-electron chi connectivity index (χ2n) is 5.26. The fourth-order valence-corrected chi connectivity index (χ4v) is 2.84. The molecule has 0 heterocycles. The molecule has 1 fully saturated rings. The van der Waals surface area contributed by atoms with Crippen LogP contribution in [0.3, 0.4) is 0 Å². The maximum atomic E-state index is 6.12. The molecule has 0 spiro atoms. The van der Waals surface area contributed by atoms with Crippen molar-refractivity contribution in [3.05, 3.63) is 28.8 Å². The zero-order valence-corrected chi connectivity index (χ0v) is 11.8. The van der Waals surface area contributed by atoms with E-state index in [0.717, 1.165) is 37.6 Å². The molecule has 2 rings (SSSR count). The van der Waals surface area contributed by atoms with Crippen LogP contribution < -0.4 is 10.5 Å². The van der Waals surface area contributed by atoms with E-state index in [0.29, 0.717) is 11.1 Å². The molecule has 1 aromatic carbocycles. The van der Waals surface area contributed by atoms with Crippen molar-refractivity contribution >= 4 is 11.6 Å². The molecule has 0 aliphatic heterocycles. The number of nitrogens with two attached hydrogens (primary N) is 1. The first-order chi connectivity index (χ1) is 8.58. The summed E-state index contributed by atoms with van der Waals surface area (Å²) in [6.07, 6.45) is 2.32. The Bertz CT molecular complexity index is 405. The fraction of sp³-hybridized carbons (Fsp3) is 0.571. The van der Waals surface area contributed by atoms with E-state index in [-0.39, 0.29) is 0 Å². The minimum atomic E-state index is 0.429. The van der Waals surface area contributed by atoms with E-state index >= 15 is 0 Å². The average molecular weight is 269 g/mol. The lowest BCUT2D eigenvalue weighted by Gasteiger charge is -2.35. The van der Waals surface area contributed by atoms with Gasteiger partial charge in [0.1, 0.15) is 5.75 Å². The first-order valence-corrected chi connectivity index (χ1v) is 6.73. The fourth-order valence-electron chi connectivity index (χ4n) is 2.56. The van der Waals surface area contributed by atoms with E-state index in [1.54, 1.807) is 7.11 Å². The molecule has 1 saturated carbocycles. The highest BCUT2D eigenvalue weighted by molar-refractivity contribution is 6.32. The van der Waals surface area contributed by atoms with Gasteiger partial charge in [-0.3, -0.25) is 0 Å². The molecule has 3 nitrogen and oxygen atoms in total. The van der Waals surface area contributed by atoms with Gasteiger partial charge in [-0.25, -0.2) is 0 Å². The van der Waals surface area contributed by atoms with Crippen molar-refractivity contribution in [2.75, 3.05) is 20.7 Å². The van der Waals surface area contributed by atoms with Crippen LogP contribution in [0.2, 0.25) is 5.02 Å². The standard InChI is InChI=1S/C14H21ClN2O/c1-17(9-11-5-12(16)6-11)8-10-3-4-14(18-2)13(15)7-10/h3-4,7,11-12H,5-6,8-9,16H2,1-2H3. The van der Waals surface area contributed by atoms with Crippen LogP contribution in [0.1, 0.15) is 18.4 Å². The Morgan fingerprint density at radius 1 is 1.44 bits per heavy atom. The Morgan fingerprint density at radius 2 is 2.17 bits per heavy atom. The summed E-state index contributed by atoms with van der Waals surface area (Å²) in [6.45, 7) is 2.02. The summed E-state index contributed by atoms with van der Waals surface area (Å²) < 4.78 is 5.15. The van der Waals surface area contributed by atoms with Crippen molar-refractivity contribution in [3.63, 3.8) is 0 Å². The minimum Gasteiger partial charge on any atom is -0.495 e. The molecule has 0 saturated heterocycles. The van der Waals surface area contributed by atoms with Crippen LogP contribution in [0.15, 0.2) is 18.2 Å². The predicted octanol–water partition coefficient (Wildman–Crippen LogP) is 2.52. The summed E-state index contributed by atoms with van der Waals surface area (Å²) in [4.78, 5) is 2.33. The Hall–Kier alpha value is -0.770. The molecule has 0 unspecified atom stereocenters. The summed E-state index contributed by atoms with van der Waals surface area (Å²) in [7, 11) is 3.77. The maximum absolute atomic E-state index is 6.12. The number of benzene rings is 1. The molecule has 0 atom stereocenters. The normalized spacial score (nSPS) is 22.9. The Kier molecular flexibility index (Phi) is 4.49. The van der Waals surface area contributed by atoms with E-state index in [2.05, 4.69) is 18.0 Å². The summed E-state index contributed by atoms with van der Waals surface area (Å²) >= 11 is 6.12. The summed E-state index contributed by atoms with van der Waals surface area (Å²) in [5, 5.41) is 0.675. The lowest BCUT2D eigenvalue weighted by atomic mass is 9.80. The molecule has 0 aromatic heterocycles. The summed E-state index contributed by atoms with van der Waals surface area (Å²) in [5.74, 6) is 1.49. The van der Waals surface area contributed by atoms with Crippen molar-refractivity contribution in [1.82, 2.24) is 4.90 Å². The minimum absolute atomic E-state index is 0.429. The molecular weight excluding hydrogens is 248 g/mol. The van der Waals surface area contributed by atoms with Gasteiger partial charge in [-0.1, -0.05) is 17.7 Å². The molecule has 0 radical (unpaired) electrons. The van der Waals surface area contributed by atoms with Gasteiger partial charge in [0.25, 0.3) is 0 Å². The van der Waals surface area contributed by atoms with Crippen LogP contribution in [0.5, 0.6) is 5.75 Å². The molecule has 0 amide bonds. The average Bonchev–Trinajstić information content (AvgIpc) is 2.27. The van der Waals surface area contributed by atoms with E-state index in [1.807, 2.05) is 12.1 Å². The SMILES string of the molecule is COc1ccc(CN(C)CC2CC(N)C2)cc1Cl. The lowest BCUT2D eigenvalue weighted by Crippen LogP contribution is -2.41. The van der Waals surface area contributed by atoms with Gasteiger partial charge in [0.15, 0.2) is 0 Å². The molecule has 4 heteroatoms. The third kappa shape index (κ3) is 3.37. The van der Waals surface area contributed by atoms with Gasteiger partial charge >= 0.3 is 0 Å². The zero-order valence-electron chi connectivity index (χ0n) is 11.0. The molecule has 0 bridgehead atoms. The van der Waals surface area contributed by atoms with Gasteiger partial charge < -0.3 is 15.4 Å². The largest absolute Gasteiger partial charge is 0.495 e.